The second-order valence-corrected chi connectivity index (χ2v) is 5.36. The molecule has 0 spiro atoms. The van der Waals surface area contributed by atoms with Crippen LogP contribution in [0.25, 0.3) is 0 Å². The van der Waals surface area contributed by atoms with Crippen molar-refractivity contribution in [3.05, 3.63) is 0 Å². The Hall–Kier alpha value is 0.290. The molecule has 0 rings (SSSR count). The van der Waals surface area contributed by atoms with Gasteiger partial charge in [-0.05, 0) is 24.3 Å². The third-order valence-electron chi connectivity index (χ3n) is 1.85. The first-order valence-corrected chi connectivity index (χ1v) is 7.43. The van der Waals surface area contributed by atoms with Crippen LogP contribution in [0.3, 0.4) is 0 Å². The predicted molar refractivity (Wildman–Crippen MR) is 69.5 cm³/mol. The highest BCUT2D eigenvalue weighted by Crippen LogP contribution is 2.08. The number of carbonyl (C=O) groups excluding carboxylic acids is 1. The van der Waals surface area contributed by atoms with Crippen molar-refractivity contribution in [3.63, 3.8) is 0 Å². The molecule has 3 nitrogen and oxygen atoms in total. The SMILES string of the molecule is COCC(C)CSN[C@H](C=O)CCSC. The molecule has 2 atom stereocenters. The van der Waals surface area contributed by atoms with E-state index in [1.165, 1.54) is 0 Å². The van der Waals surface area contributed by atoms with Crippen LogP contribution in [-0.2, 0) is 9.53 Å². The Morgan fingerprint density at radius 1 is 1.53 bits per heavy atom. The Morgan fingerprint density at radius 2 is 2.27 bits per heavy atom. The average Bonchev–Trinajstić information content (AvgIpc) is 2.23. The van der Waals surface area contributed by atoms with Crippen LogP contribution in [0.2, 0.25) is 0 Å². The molecule has 0 aliphatic carbocycles. The Labute approximate surface area is 101 Å². The number of ether oxygens (including phenoxy) is 1. The van der Waals surface area contributed by atoms with Gasteiger partial charge in [0.05, 0.1) is 6.04 Å². The second kappa shape index (κ2) is 10.8. The maximum absolute atomic E-state index is 10.7. The van der Waals surface area contributed by atoms with Crippen molar-refractivity contribution in [2.24, 2.45) is 5.92 Å². The summed E-state index contributed by atoms with van der Waals surface area (Å²) in [6.07, 6.45) is 3.94. The van der Waals surface area contributed by atoms with E-state index in [1.54, 1.807) is 30.8 Å². The largest absolute Gasteiger partial charge is 0.384 e. The van der Waals surface area contributed by atoms with Crippen molar-refractivity contribution >= 4 is 30.0 Å². The summed E-state index contributed by atoms with van der Waals surface area (Å²) in [4.78, 5) is 10.7. The topological polar surface area (TPSA) is 38.3 Å². The van der Waals surface area contributed by atoms with E-state index in [0.717, 1.165) is 30.8 Å². The van der Waals surface area contributed by atoms with Crippen LogP contribution in [0.1, 0.15) is 13.3 Å². The fourth-order valence-electron chi connectivity index (χ4n) is 1.03. The third-order valence-corrected chi connectivity index (χ3v) is 3.70. The lowest BCUT2D eigenvalue weighted by Crippen LogP contribution is -2.26. The molecule has 0 aliphatic heterocycles. The lowest BCUT2D eigenvalue weighted by molar-refractivity contribution is -0.109. The Bertz CT molecular complexity index is 158. The molecule has 0 saturated carbocycles. The molecule has 5 heteroatoms. The van der Waals surface area contributed by atoms with Crippen molar-refractivity contribution in [3.8, 4) is 0 Å². The summed E-state index contributed by atoms with van der Waals surface area (Å²) in [6.45, 7) is 2.90. The highest BCUT2D eigenvalue weighted by Gasteiger charge is 2.07. The van der Waals surface area contributed by atoms with Gasteiger partial charge in [-0.15, -0.1) is 0 Å². The number of hydrogen-bond donors (Lipinski definition) is 1. The van der Waals surface area contributed by atoms with Crippen LogP contribution in [0.15, 0.2) is 0 Å². The summed E-state index contributed by atoms with van der Waals surface area (Å²) in [5.41, 5.74) is 0. The van der Waals surface area contributed by atoms with Gasteiger partial charge in [-0.25, -0.2) is 0 Å². The Kier molecular flexibility index (Phi) is 11.0. The van der Waals surface area contributed by atoms with Crippen molar-refractivity contribution in [2.45, 2.75) is 19.4 Å². The van der Waals surface area contributed by atoms with Crippen LogP contribution < -0.4 is 4.72 Å². The molecule has 0 aromatic heterocycles. The van der Waals surface area contributed by atoms with E-state index < -0.39 is 0 Å². The van der Waals surface area contributed by atoms with E-state index in [1.807, 2.05) is 0 Å². The molecule has 0 fully saturated rings. The first-order valence-electron chi connectivity index (χ1n) is 5.05. The van der Waals surface area contributed by atoms with Gasteiger partial charge in [-0.2, -0.15) is 11.8 Å². The number of thioether (sulfide) groups is 1. The number of rotatable bonds is 10. The third kappa shape index (κ3) is 9.23. The minimum absolute atomic E-state index is 0.0165. The molecule has 90 valence electrons. The average molecular weight is 251 g/mol. The van der Waals surface area contributed by atoms with E-state index in [2.05, 4.69) is 17.9 Å². The van der Waals surface area contributed by atoms with Crippen molar-refractivity contribution in [1.29, 1.82) is 0 Å². The van der Waals surface area contributed by atoms with Crippen molar-refractivity contribution in [2.75, 3.05) is 31.5 Å². The van der Waals surface area contributed by atoms with E-state index in [4.69, 9.17) is 4.74 Å². The first-order chi connectivity index (χ1) is 7.24. The zero-order chi connectivity index (χ0) is 11.5. The summed E-state index contributed by atoms with van der Waals surface area (Å²) in [7, 11) is 1.71. The van der Waals surface area contributed by atoms with Gasteiger partial charge < -0.3 is 9.53 Å². The smallest absolute Gasteiger partial charge is 0.137 e. The van der Waals surface area contributed by atoms with Crippen LogP contribution in [0.5, 0.6) is 0 Å². The van der Waals surface area contributed by atoms with Gasteiger partial charge in [-0.3, -0.25) is 4.72 Å². The lowest BCUT2D eigenvalue weighted by Gasteiger charge is -2.13. The molecule has 0 aliphatic rings. The van der Waals surface area contributed by atoms with Crippen molar-refractivity contribution < 1.29 is 9.53 Å². The first kappa shape index (κ1) is 15.3. The van der Waals surface area contributed by atoms with Crippen LogP contribution in [-0.4, -0.2) is 43.8 Å². The van der Waals surface area contributed by atoms with Gasteiger partial charge in [0, 0.05) is 19.5 Å². The fourth-order valence-corrected chi connectivity index (χ4v) is 2.38. The summed E-state index contributed by atoms with van der Waals surface area (Å²) in [5.74, 6) is 2.50. The normalized spacial score (nSPS) is 14.9. The zero-order valence-electron chi connectivity index (χ0n) is 9.69. The van der Waals surface area contributed by atoms with Gasteiger partial charge in [0.1, 0.15) is 6.29 Å². The molecule has 0 bridgehead atoms. The van der Waals surface area contributed by atoms with Gasteiger partial charge in [0.25, 0.3) is 0 Å². The highest BCUT2D eigenvalue weighted by molar-refractivity contribution is 7.98. The Balaban J connectivity index is 3.49. The van der Waals surface area contributed by atoms with Crippen molar-refractivity contribution in [1.82, 2.24) is 4.72 Å². The highest BCUT2D eigenvalue weighted by atomic mass is 32.2. The predicted octanol–water partition coefficient (Wildman–Crippen LogP) is 1.83. The number of aldehydes is 1. The van der Waals surface area contributed by atoms with Gasteiger partial charge >= 0.3 is 0 Å². The molecule has 1 N–H and O–H groups in total. The van der Waals surface area contributed by atoms with E-state index in [0.29, 0.717) is 5.92 Å². The quantitative estimate of drug-likeness (QED) is 0.474. The Morgan fingerprint density at radius 3 is 2.80 bits per heavy atom. The number of carbonyl (C=O) groups is 1. The number of nitrogens with one attached hydrogen (secondary N) is 1. The minimum atomic E-state index is -0.0165. The second-order valence-electron chi connectivity index (χ2n) is 3.51. The van der Waals surface area contributed by atoms with E-state index >= 15 is 0 Å². The molecule has 0 saturated heterocycles. The lowest BCUT2D eigenvalue weighted by atomic mass is 10.2. The molecule has 0 aromatic carbocycles. The van der Waals surface area contributed by atoms with E-state index in [9.17, 15) is 4.79 Å². The monoisotopic (exact) mass is 251 g/mol. The van der Waals surface area contributed by atoms with Gasteiger partial charge in [0.2, 0.25) is 0 Å². The molecule has 15 heavy (non-hydrogen) atoms. The number of methoxy groups -OCH3 is 1. The molecule has 0 heterocycles. The summed E-state index contributed by atoms with van der Waals surface area (Å²) in [5, 5.41) is 0. The summed E-state index contributed by atoms with van der Waals surface area (Å²) >= 11 is 3.38. The summed E-state index contributed by atoms with van der Waals surface area (Å²) in [6, 6.07) is -0.0165. The molecule has 0 radical (unpaired) electrons. The molecular weight excluding hydrogens is 230 g/mol. The van der Waals surface area contributed by atoms with Crippen LogP contribution in [0.4, 0.5) is 0 Å². The van der Waals surface area contributed by atoms with Gasteiger partial charge in [0.15, 0.2) is 0 Å². The molecular formula is C10H21NO2S2. The summed E-state index contributed by atoms with van der Waals surface area (Å²) < 4.78 is 8.21. The minimum Gasteiger partial charge on any atom is -0.384 e. The van der Waals surface area contributed by atoms with E-state index in [-0.39, 0.29) is 6.04 Å². The standard InChI is InChI=1S/C10H21NO2S2/c1-9(7-13-2)8-15-11-10(6-12)4-5-14-3/h6,9-11H,4-5,7-8H2,1-3H3/t9?,10-/m0/s1. The number of hydrogen-bond acceptors (Lipinski definition) is 5. The molecule has 0 amide bonds. The zero-order valence-corrected chi connectivity index (χ0v) is 11.3. The van der Waals surface area contributed by atoms with Crippen LogP contribution in [0, 0.1) is 5.92 Å². The molecule has 0 aromatic rings. The van der Waals surface area contributed by atoms with Crippen LogP contribution >= 0.6 is 23.7 Å². The maximum atomic E-state index is 10.7. The maximum Gasteiger partial charge on any atom is 0.137 e. The fraction of sp³-hybridized carbons (Fsp3) is 0.900. The molecule has 1 unspecified atom stereocenters. The van der Waals surface area contributed by atoms with Gasteiger partial charge in [-0.1, -0.05) is 18.9 Å².